The second-order valence-corrected chi connectivity index (χ2v) is 13.5. The van der Waals surface area contributed by atoms with Crippen molar-refractivity contribution in [2.75, 3.05) is 0 Å². The Kier molecular flexibility index (Phi) is 14.3. The van der Waals surface area contributed by atoms with Gasteiger partial charge in [-0.15, -0.1) is 0 Å². The second-order valence-electron chi connectivity index (χ2n) is 11.6. The first-order chi connectivity index (χ1) is 20.8. The minimum absolute atomic E-state index is 0.0725. The molecule has 6 heteroatoms. The molecule has 3 aromatic rings. The molecule has 0 saturated carbocycles. The monoisotopic (exact) mass is 670 g/mol. The average Bonchev–Trinajstić information content (AvgIpc) is 3.26. The minimum atomic E-state index is -4.67. The topological polar surface area (TPSA) is 63.6 Å². The normalized spacial score (nSPS) is 13.2. The van der Waals surface area contributed by atoms with E-state index in [0.29, 0.717) is 10.0 Å². The van der Waals surface area contributed by atoms with Gasteiger partial charge in [0, 0.05) is 15.5 Å². The van der Waals surface area contributed by atoms with Crippen molar-refractivity contribution in [2.45, 2.75) is 123 Å². The zero-order valence-corrected chi connectivity index (χ0v) is 29.0. The molecule has 3 aromatic carbocycles. The smallest absolute Gasteiger partial charge is 0.361 e. The number of unbranched alkanes of at least 4 members (excludes halogenated alkanes) is 10. The fraction of sp³-hybridized carbons (Fsp3) is 0.514. The van der Waals surface area contributed by atoms with Gasteiger partial charge in [-0.05, 0) is 64.9 Å². The maximum absolute atomic E-state index is 11.7. The summed E-state index contributed by atoms with van der Waals surface area (Å²) in [6.45, 7) is 8.52. The molecule has 0 aliphatic heterocycles. The van der Waals surface area contributed by atoms with Crippen molar-refractivity contribution < 1.29 is 17.2 Å². The Bertz CT molecular complexity index is 1380. The Morgan fingerprint density at radius 2 is 1.21 bits per heavy atom. The number of benzene rings is 3. The summed E-state index contributed by atoms with van der Waals surface area (Å²) in [6.07, 6.45) is 17.4. The van der Waals surface area contributed by atoms with Crippen LogP contribution in [0, 0.1) is 0 Å². The highest BCUT2D eigenvalue weighted by atomic mass is 79.9. The molecule has 0 heterocycles. The van der Waals surface area contributed by atoms with Crippen LogP contribution in [-0.2, 0) is 15.8 Å². The lowest BCUT2D eigenvalue weighted by Gasteiger charge is -2.33. The van der Waals surface area contributed by atoms with Gasteiger partial charge in [0.2, 0.25) is 0 Å². The molecule has 0 amide bonds. The Labute approximate surface area is 269 Å². The van der Waals surface area contributed by atoms with Crippen molar-refractivity contribution in [3.05, 3.63) is 76.3 Å². The van der Waals surface area contributed by atoms with Crippen molar-refractivity contribution in [2.24, 2.45) is 0 Å². The highest BCUT2D eigenvalue weighted by Crippen LogP contribution is 2.55. The van der Waals surface area contributed by atoms with Gasteiger partial charge >= 0.3 is 10.4 Å². The van der Waals surface area contributed by atoms with Crippen molar-refractivity contribution in [3.63, 3.8) is 0 Å². The van der Waals surface area contributed by atoms with Crippen LogP contribution in [0.15, 0.2) is 65.1 Å². The van der Waals surface area contributed by atoms with E-state index in [1.54, 1.807) is 6.07 Å². The van der Waals surface area contributed by atoms with Gasteiger partial charge in [-0.1, -0.05) is 157 Å². The van der Waals surface area contributed by atoms with E-state index < -0.39 is 10.4 Å². The predicted molar refractivity (Wildman–Crippen MR) is 185 cm³/mol. The van der Waals surface area contributed by atoms with Gasteiger partial charge in [0.1, 0.15) is 0 Å². The molecule has 4 nitrogen and oxygen atoms in total. The molecule has 0 atom stereocenters. The molecule has 4 rings (SSSR count). The van der Waals surface area contributed by atoms with E-state index in [-0.39, 0.29) is 11.2 Å². The SMILES string of the molecule is CC.CCCCCCCCC1(CCCCCCCC)c2ccccc2-c2ccc(-c3ccc(Br)cc3OS(=O)(=O)O)cc21. The maximum atomic E-state index is 11.7. The van der Waals surface area contributed by atoms with Crippen LogP contribution in [0.25, 0.3) is 22.3 Å². The summed E-state index contributed by atoms with van der Waals surface area (Å²) in [5.41, 5.74) is 6.80. The molecule has 0 spiro atoms. The highest BCUT2D eigenvalue weighted by Gasteiger charge is 2.42. The van der Waals surface area contributed by atoms with Gasteiger partial charge in [-0.25, -0.2) is 0 Å². The lowest BCUT2D eigenvalue weighted by Crippen LogP contribution is -2.25. The molecule has 0 unspecified atom stereocenters. The van der Waals surface area contributed by atoms with Crippen molar-refractivity contribution in [1.82, 2.24) is 0 Å². The molecule has 1 N–H and O–H groups in total. The Morgan fingerprint density at radius 3 is 1.81 bits per heavy atom. The van der Waals surface area contributed by atoms with Crippen LogP contribution in [0.2, 0.25) is 0 Å². The first-order valence-corrected chi connectivity index (χ1v) is 18.7. The van der Waals surface area contributed by atoms with Crippen molar-refractivity contribution in [3.8, 4) is 28.0 Å². The summed E-state index contributed by atoms with van der Waals surface area (Å²) in [5, 5.41) is 0. The van der Waals surface area contributed by atoms with E-state index in [2.05, 4.69) is 66.2 Å². The van der Waals surface area contributed by atoms with Crippen molar-refractivity contribution in [1.29, 1.82) is 0 Å². The fourth-order valence-corrected chi connectivity index (χ4v) is 7.32. The first-order valence-electron chi connectivity index (χ1n) is 16.5. The van der Waals surface area contributed by atoms with E-state index in [4.69, 9.17) is 4.18 Å². The molecule has 0 fully saturated rings. The molecular weight excluding hydrogens is 620 g/mol. The zero-order valence-electron chi connectivity index (χ0n) is 26.6. The standard InChI is InChI=1S/C35H45BrO4S.C2H6/c1-3-5-7-9-11-15-23-35(24-16-12-10-8-6-4-2)32-18-14-13-17-30(32)31-21-19-27(25-33(31)35)29-22-20-28(36)26-34(29)40-41(37,38)39;1-2/h13-14,17-22,25-26H,3-12,15-16,23-24H2,1-2H3,(H,37,38,39);1-2H3. The number of halogens is 1. The van der Waals surface area contributed by atoms with E-state index >= 15 is 0 Å². The van der Waals surface area contributed by atoms with Gasteiger partial charge in [-0.2, -0.15) is 8.42 Å². The Balaban J connectivity index is 0.00000248. The minimum Gasteiger partial charge on any atom is -0.361 e. The van der Waals surface area contributed by atoms with Crippen LogP contribution < -0.4 is 4.18 Å². The third kappa shape index (κ3) is 9.42. The van der Waals surface area contributed by atoms with Gasteiger partial charge in [0.25, 0.3) is 0 Å². The molecular formula is C37H51BrO4S. The molecule has 0 radical (unpaired) electrons. The Hall–Kier alpha value is -2.15. The third-order valence-electron chi connectivity index (χ3n) is 8.63. The summed E-state index contributed by atoms with van der Waals surface area (Å²) in [7, 11) is -4.67. The van der Waals surface area contributed by atoms with Crippen LogP contribution >= 0.6 is 15.9 Å². The van der Waals surface area contributed by atoms with Crippen LogP contribution in [0.5, 0.6) is 5.75 Å². The lowest BCUT2D eigenvalue weighted by atomic mass is 9.70. The Morgan fingerprint density at radius 1 is 0.674 bits per heavy atom. The fourth-order valence-electron chi connectivity index (χ4n) is 6.62. The summed E-state index contributed by atoms with van der Waals surface area (Å²) >= 11 is 3.41. The van der Waals surface area contributed by atoms with Crippen molar-refractivity contribution >= 4 is 26.3 Å². The summed E-state index contributed by atoms with van der Waals surface area (Å²) in [5.74, 6) is 0.106. The molecule has 43 heavy (non-hydrogen) atoms. The molecule has 0 aromatic heterocycles. The predicted octanol–water partition coefficient (Wildman–Crippen LogP) is 12.1. The van der Waals surface area contributed by atoms with Crippen LogP contribution in [0.3, 0.4) is 0 Å². The lowest BCUT2D eigenvalue weighted by molar-refractivity contribution is 0.387. The van der Waals surface area contributed by atoms with Gasteiger partial charge in [0.15, 0.2) is 5.75 Å². The molecule has 0 bridgehead atoms. The maximum Gasteiger partial charge on any atom is 0.446 e. The summed E-state index contributed by atoms with van der Waals surface area (Å²) in [6, 6.07) is 20.7. The molecule has 1 aliphatic rings. The largest absolute Gasteiger partial charge is 0.446 e. The average molecular weight is 672 g/mol. The number of hydrogen-bond acceptors (Lipinski definition) is 3. The second kappa shape index (κ2) is 17.4. The van der Waals surface area contributed by atoms with E-state index in [0.717, 1.165) is 18.4 Å². The highest BCUT2D eigenvalue weighted by molar-refractivity contribution is 9.10. The van der Waals surface area contributed by atoms with Crippen LogP contribution in [-0.4, -0.2) is 13.0 Å². The van der Waals surface area contributed by atoms with Crippen LogP contribution in [0.1, 0.15) is 129 Å². The van der Waals surface area contributed by atoms with Gasteiger partial charge < -0.3 is 4.18 Å². The van der Waals surface area contributed by atoms with E-state index in [9.17, 15) is 13.0 Å². The van der Waals surface area contributed by atoms with E-state index in [1.165, 1.54) is 99.3 Å². The third-order valence-corrected chi connectivity index (χ3v) is 9.52. The van der Waals surface area contributed by atoms with E-state index in [1.807, 2.05) is 32.0 Å². The van der Waals surface area contributed by atoms with Crippen LogP contribution in [0.4, 0.5) is 0 Å². The van der Waals surface area contributed by atoms with Gasteiger partial charge in [-0.3, -0.25) is 4.55 Å². The quantitative estimate of drug-likeness (QED) is 0.115. The molecule has 0 saturated heterocycles. The number of fused-ring (bicyclic) bond motifs is 3. The molecule has 1 aliphatic carbocycles. The first kappa shape index (κ1) is 35.3. The number of rotatable bonds is 17. The summed E-state index contributed by atoms with van der Waals surface area (Å²) in [4.78, 5) is 0. The van der Waals surface area contributed by atoms with Gasteiger partial charge in [0.05, 0.1) is 0 Å². The summed E-state index contributed by atoms with van der Waals surface area (Å²) < 4.78 is 38.5. The molecule has 236 valence electrons. The zero-order chi connectivity index (χ0) is 31.3. The number of hydrogen-bond donors (Lipinski definition) is 1.